The van der Waals surface area contributed by atoms with Gasteiger partial charge in [-0.2, -0.15) is 0 Å². The number of nitrogens with zero attached hydrogens (tertiary/aromatic N) is 1. The number of hydrogen-bond donors (Lipinski definition) is 0. The van der Waals surface area contributed by atoms with Crippen molar-refractivity contribution in [1.82, 2.24) is 4.57 Å². The second kappa shape index (κ2) is 28.5. The fourth-order valence-corrected chi connectivity index (χ4v) is 24.9. The lowest BCUT2D eigenvalue weighted by molar-refractivity contribution is 0.397. The zero-order valence-electron chi connectivity index (χ0n) is 73.2. The van der Waals surface area contributed by atoms with E-state index in [2.05, 4.69) is 359 Å². The predicted octanol–water partition coefficient (Wildman–Crippen LogP) is 32.7. The third kappa shape index (κ3) is 11.4. The molecule has 2 atom stereocenters. The lowest BCUT2D eigenvalue weighted by Gasteiger charge is -2.34. The van der Waals surface area contributed by atoms with Gasteiger partial charge in [0.2, 0.25) is 0 Å². The van der Waals surface area contributed by atoms with Gasteiger partial charge in [-0.25, -0.2) is 0 Å². The molecule has 8 aliphatic rings. The molecule has 0 spiro atoms. The smallest absolute Gasteiger partial charge is 0.144 e. The molecular weight excluding hydrogens is 1490 g/mol. The van der Waals surface area contributed by atoms with Gasteiger partial charge in [0.05, 0.1) is 17.0 Å². The van der Waals surface area contributed by atoms with Crippen molar-refractivity contribution >= 4 is 66.5 Å². The summed E-state index contributed by atoms with van der Waals surface area (Å²) in [6.45, 7) is 24.4. The molecule has 123 heavy (non-hydrogen) atoms. The number of allylic oxidation sites excluding steroid dienone is 9. The molecule has 0 bridgehead atoms. The number of unbranched alkanes of at least 4 members (excludes halogenated alkanes) is 8. The van der Waals surface area contributed by atoms with Gasteiger partial charge in [0.1, 0.15) is 22.7 Å². The van der Waals surface area contributed by atoms with Gasteiger partial charge in [0.25, 0.3) is 0 Å². The topological polar surface area (TPSA) is 27.3 Å². The van der Waals surface area contributed by atoms with Crippen molar-refractivity contribution in [2.45, 2.75) is 204 Å². The molecule has 23 rings (SSSR count). The Balaban J connectivity index is 0.585. The summed E-state index contributed by atoms with van der Waals surface area (Å²) in [7, 11) is 0. The van der Waals surface area contributed by atoms with E-state index in [0.717, 1.165) is 47.6 Å². The molecule has 0 amide bonds. The molecule has 13 aromatic carbocycles. The first-order valence-electron chi connectivity index (χ1n) is 46.3. The van der Waals surface area contributed by atoms with E-state index in [4.69, 9.17) is 9.15 Å². The summed E-state index contributed by atoms with van der Waals surface area (Å²) in [6, 6.07) is 100. The van der Waals surface area contributed by atoms with Crippen molar-refractivity contribution in [1.29, 1.82) is 0 Å². The average molecular weight is 1600 g/mol. The quantitative estimate of drug-likeness (QED) is 0.0562. The Morgan fingerprint density at radius 2 is 1.02 bits per heavy atom. The fraction of sp³-hybridized carbons (Fsp3) is 0.267. The third-order valence-electron chi connectivity index (χ3n) is 31.0. The molecule has 0 radical (unpaired) electrons. The summed E-state index contributed by atoms with van der Waals surface area (Å²) in [6.07, 6.45) is 29.0. The molecule has 15 aromatic rings. The van der Waals surface area contributed by atoms with Gasteiger partial charge < -0.3 is 13.7 Å². The largest absolute Gasteiger partial charge is 0.460 e. The Kier molecular flexibility index (Phi) is 17.6. The van der Waals surface area contributed by atoms with E-state index < -0.39 is 0 Å². The highest BCUT2D eigenvalue weighted by atomic mass is 16.5. The number of hydrogen-bond acceptors (Lipinski definition) is 2. The molecular formula is C120H109NO2. The van der Waals surface area contributed by atoms with Gasteiger partial charge in [-0.05, 0) is 231 Å². The van der Waals surface area contributed by atoms with Gasteiger partial charge in [0, 0.05) is 76.9 Å². The molecule has 3 heteroatoms. The van der Waals surface area contributed by atoms with E-state index in [9.17, 15) is 0 Å². The van der Waals surface area contributed by atoms with Crippen molar-refractivity contribution < 1.29 is 9.15 Å². The normalized spacial score (nSPS) is 18.1. The molecule has 0 saturated heterocycles. The summed E-state index contributed by atoms with van der Waals surface area (Å²) < 4.78 is 16.8. The minimum atomic E-state index is -0.326. The first kappa shape index (κ1) is 75.9. The van der Waals surface area contributed by atoms with Crippen LogP contribution in [0.2, 0.25) is 0 Å². The molecule has 7 aliphatic carbocycles. The maximum absolute atomic E-state index is 7.24. The molecule has 3 heterocycles. The molecule has 0 fully saturated rings. The van der Waals surface area contributed by atoms with Gasteiger partial charge in [0.15, 0.2) is 0 Å². The van der Waals surface area contributed by atoms with Crippen LogP contribution in [0.5, 0.6) is 5.75 Å². The molecule has 0 N–H and O–H groups in total. The minimum Gasteiger partial charge on any atom is -0.460 e. The Labute approximate surface area is 726 Å². The molecule has 1 aliphatic heterocycles. The highest BCUT2D eigenvalue weighted by Crippen LogP contribution is 2.67. The summed E-state index contributed by atoms with van der Waals surface area (Å²) in [5.41, 5.74) is 45.0. The van der Waals surface area contributed by atoms with Crippen LogP contribution in [0, 0.1) is 0 Å². The molecule has 2 aromatic heterocycles. The van der Waals surface area contributed by atoms with Gasteiger partial charge in [-0.3, -0.25) is 0 Å². The number of furan rings is 1. The number of para-hydroxylation sites is 4. The molecule has 0 saturated carbocycles. The maximum Gasteiger partial charge on any atom is 0.144 e. The van der Waals surface area contributed by atoms with Crippen molar-refractivity contribution in [3.8, 4) is 67.1 Å². The Hall–Kier alpha value is -12.0. The zero-order chi connectivity index (χ0) is 83.2. The lowest BCUT2D eigenvalue weighted by atomic mass is 9.69. The van der Waals surface area contributed by atoms with Crippen molar-refractivity contribution in [3.05, 3.63) is 379 Å². The van der Waals surface area contributed by atoms with Crippen LogP contribution in [0.15, 0.2) is 300 Å². The van der Waals surface area contributed by atoms with E-state index >= 15 is 0 Å². The number of benzene rings is 13. The Morgan fingerprint density at radius 3 is 1.79 bits per heavy atom. The van der Waals surface area contributed by atoms with Crippen LogP contribution in [-0.4, -0.2) is 4.57 Å². The van der Waals surface area contributed by atoms with Crippen molar-refractivity contribution in [3.63, 3.8) is 0 Å². The van der Waals surface area contributed by atoms with E-state index in [1.807, 2.05) is 0 Å². The monoisotopic (exact) mass is 1600 g/mol. The number of rotatable bonds is 20. The summed E-state index contributed by atoms with van der Waals surface area (Å²) >= 11 is 0. The zero-order valence-corrected chi connectivity index (χ0v) is 73.2. The average Bonchev–Trinajstić information content (AvgIpc) is 1.51. The first-order valence-corrected chi connectivity index (χ1v) is 46.3. The van der Waals surface area contributed by atoms with E-state index in [0.29, 0.717) is 0 Å². The summed E-state index contributed by atoms with van der Waals surface area (Å²) in [5, 5.41) is 4.91. The molecule has 606 valence electrons. The van der Waals surface area contributed by atoms with Crippen LogP contribution < -0.4 is 4.74 Å². The van der Waals surface area contributed by atoms with Crippen LogP contribution in [0.1, 0.15) is 254 Å². The van der Waals surface area contributed by atoms with Crippen molar-refractivity contribution in [2.24, 2.45) is 0 Å². The number of fused-ring (bicyclic) bond motifs is 28. The minimum absolute atomic E-state index is 0.0181. The summed E-state index contributed by atoms with van der Waals surface area (Å²) in [4.78, 5) is 0. The van der Waals surface area contributed by atoms with Crippen LogP contribution in [0.4, 0.5) is 0 Å². The van der Waals surface area contributed by atoms with E-state index in [1.54, 1.807) is 16.7 Å². The van der Waals surface area contributed by atoms with Gasteiger partial charge in [-0.15, -0.1) is 0 Å². The van der Waals surface area contributed by atoms with Gasteiger partial charge in [-0.1, -0.05) is 370 Å². The highest BCUT2D eigenvalue weighted by Gasteiger charge is 2.54. The summed E-state index contributed by atoms with van der Waals surface area (Å²) in [5.74, 6) is 2.13. The highest BCUT2D eigenvalue weighted by molar-refractivity contribution is 6.21. The van der Waals surface area contributed by atoms with E-state index in [1.165, 1.54) is 260 Å². The van der Waals surface area contributed by atoms with Crippen LogP contribution in [0.25, 0.3) is 128 Å². The lowest BCUT2D eigenvalue weighted by Crippen LogP contribution is -2.26. The predicted molar refractivity (Wildman–Crippen MR) is 517 cm³/mol. The van der Waals surface area contributed by atoms with Crippen LogP contribution >= 0.6 is 0 Å². The molecule has 3 nitrogen and oxygen atoms in total. The SMILES string of the molecule is CCCCCCCC1(CCCCCCC)C2=CCCC=C2c2ccc(-c3ccc4c(c3)C(C)(C)c3cc(-c5ccc(C6=C7Oc8ccccc8C7C7C(=C6)C(C)(C)c6cc(/C=C(/Cc8ccc9c(c8)C(C)(C)c8c%10c(c%11oc%12ccccc%12c%11c8-9)-c8ccccc8C%10(C)C)c8ccc9c%10ccccc%10n(-c%10ccccc%10)c9c8)ccc67)cc5)ccc3-4)cc21. The third-order valence-corrected chi connectivity index (χ3v) is 31.0. The second-order valence-electron chi connectivity index (χ2n) is 39.4. The standard InChI is InChI=1S/C120H109NO2/c1-11-13-15-17-32-62-120(63-33-18-16-14-12-2)96-42-28-22-36-83(96)86-60-54-79(70-101(86)120)78-53-59-85-84-58-52-77(68-99(84)116(3,4)100(85)69-78)75-48-50-76(51-49-75)94-72-102-107(109-92-39-25-30-44-105(92)122-114(94)109)90-56-46-73(66-97(90)117(102,5)6)64-81(80-55-61-88-87-37-24-29-43-103(87)121(104(88)71-80)82-34-20-19-21-35-82)65-74-47-57-91-98(67-74)119(9,10)112-108(91)110-93-40-26-31-45-106(93)123-115(110)111-89-38-23-27-41-95(89)118(7,8)113(111)112/h19-21,23-27,29-31,34-61,64,66-72,107,109H,11-18,22,28,32-33,62-63,65H2,1-10H3/b81-64-. The van der Waals surface area contributed by atoms with Crippen molar-refractivity contribution in [2.75, 3.05) is 0 Å². The fourth-order valence-electron chi connectivity index (χ4n) is 24.9. The number of aromatic nitrogens is 1. The Bertz CT molecular complexity index is 7120. The number of ether oxygens (including phenoxy) is 1. The Morgan fingerprint density at radius 1 is 0.423 bits per heavy atom. The maximum atomic E-state index is 7.24. The van der Waals surface area contributed by atoms with Crippen LogP contribution in [-0.2, 0) is 33.5 Å². The van der Waals surface area contributed by atoms with Gasteiger partial charge >= 0.3 is 0 Å². The van der Waals surface area contributed by atoms with Crippen LogP contribution in [0.3, 0.4) is 0 Å². The first-order chi connectivity index (χ1) is 59.9. The second-order valence-corrected chi connectivity index (χ2v) is 39.4. The molecule has 2 unspecified atom stereocenters. The van der Waals surface area contributed by atoms with E-state index in [-0.39, 0.29) is 38.9 Å².